The fraction of sp³-hybridized carbons (Fsp3) is 1.00. The van der Waals surface area contributed by atoms with Crippen molar-refractivity contribution in [1.29, 1.82) is 0 Å². The van der Waals surface area contributed by atoms with Gasteiger partial charge in [0, 0.05) is 12.6 Å². The molecule has 2 aliphatic rings. The highest BCUT2D eigenvalue weighted by molar-refractivity contribution is 4.83. The van der Waals surface area contributed by atoms with Crippen LogP contribution in [-0.4, -0.2) is 48.6 Å². The Morgan fingerprint density at radius 2 is 1.82 bits per heavy atom. The standard InChI is InChI=1S/C15H30N2/c1-2-3-4-6-10-16-11-8-13-17-12-7-5-9-15(17)14-16/h15H,2-14H2,1H3. The van der Waals surface area contributed by atoms with Crippen LogP contribution in [-0.2, 0) is 0 Å². The van der Waals surface area contributed by atoms with Gasteiger partial charge in [-0.1, -0.05) is 32.6 Å². The van der Waals surface area contributed by atoms with E-state index in [0.717, 1.165) is 6.04 Å². The minimum absolute atomic E-state index is 0.887. The van der Waals surface area contributed by atoms with E-state index >= 15 is 0 Å². The minimum Gasteiger partial charge on any atom is -0.302 e. The maximum Gasteiger partial charge on any atom is 0.0223 e. The summed E-state index contributed by atoms with van der Waals surface area (Å²) < 4.78 is 0. The third-order valence-corrected chi connectivity index (χ3v) is 4.47. The molecule has 2 heteroatoms. The lowest BCUT2D eigenvalue weighted by molar-refractivity contribution is 0.136. The molecule has 0 aromatic heterocycles. The van der Waals surface area contributed by atoms with Gasteiger partial charge in [0.05, 0.1) is 0 Å². The van der Waals surface area contributed by atoms with Gasteiger partial charge in [0.25, 0.3) is 0 Å². The zero-order chi connectivity index (χ0) is 11.9. The molecule has 1 unspecified atom stereocenters. The van der Waals surface area contributed by atoms with Crippen LogP contribution < -0.4 is 0 Å². The summed E-state index contributed by atoms with van der Waals surface area (Å²) in [5, 5.41) is 0. The number of hydrogen-bond acceptors (Lipinski definition) is 2. The average Bonchev–Trinajstić information content (AvgIpc) is 2.56. The van der Waals surface area contributed by atoms with Crippen molar-refractivity contribution in [2.45, 2.75) is 64.3 Å². The van der Waals surface area contributed by atoms with Crippen molar-refractivity contribution < 1.29 is 0 Å². The van der Waals surface area contributed by atoms with Crippen LogP contribution in [0, 0.1) is 0 Å². The lowest BCUT2D eigenvalue weighted by Gasteiger charge is -2.35. The molecule has 0 spiro atoms. The van der Waals surface area contributed by atoms with Crippen molar-refractivity contribution in [2.24, 2.45) is 0 Å². The number of nitrogens with zero attached hydrogens (tertiary/aromatic N) is 2. The first-order valence-electron chi connectivity index (χ1n) is 7.86. The molecule has 2 aliphatic heterocycles. The van der Waals surface area contributed by atoms with E-state index in [-0.39, 0.29) is 0 Å². The Labute approximate surface area is 107 Å². The van der Waals surface area contributed by atoms with Gasteiger partial charge in [0.1, 0.15) is 0 Å². The first-order chi connectivity index (χ1) is 8.40. The Morgan fingerprint density at radius 3 is 2.71 bits per heavy atom. The summed E-state index contributed by atoms with van der Waals surface area (Å²) in [6.45, 7) is 9.08. The maximum atomic E-state index is 2.76. The summed E-state index contributed by atoms with van der Waals surface area (Å²) in [6, 6.07) is 0.887. The molecular weight excluding hydrogens is 208 g/mol. The Hall–Kier alpha value is -0.0800. The molecule has 2 nitrogen and oxygen atoms in total. The highest BCUT2D eigenvalue weighted by Gasteiger charge is 2.26. The minimum atomic E-state index is 0.887. The van der Waals surface area contributed by atoms with E-state index in [2.05, 4.69) is 16.7 Å². The van der Waals surface area contributed by atoms with Gasteiger partial charge in [-0.2, -0.15) is 0 Å². The molecule has 2 heterocycles. The normalized spacial score (nSPS) is 27.7. The van der Waals surface area contributed by atoms with Crippen molar-refractivity contribution in [2.75, 3.05) is 32.7 Å². The molecule has 0 saturated carbocycles. The van der Waals surface area contributed by atoms with Crippen molar-refractivity contribution >= 4 is 0 Å². The van der Waals surface area contributed by atoms with Crippen molar-refractivity contribution in [3.8, 4) is 0 Å². The van der Waals surface area contributed by atoms with Crippen molar-refractivity contribution in [3.63, 3.8) is 0 Å². The zero-order valence-electron chi connectivity index (χ0n) is 11.7. The Morgan fingerprint density at radius 1 is 0.941 bits per heavy atom. The summed E-state index contributed by atoms with van der Waals surface area (Å²) in [4.78, 5) is 5.50. The second-order valence-electron chi connectivity index (χ2n) is 5.90. The van der Waals surface area contributed by atoms with Gasteiger partial charge in [-0.15, -0.1) is 0 Å². The monoisotopic (exact) mass is 238 g/mol. The molecule has 0 radical (unpaired) electrons. The van der Waals surface area contributed by atoms with E-state index in [1.54, 1.807) is 0 Å². The van der Waals surface area contributed by atoms with E-state index in [4.69, 9.17) is 0 Å². The predicted octanol–water partition coefficient (Wildman–Crippen LogP) is 3.13. The summed E-state index contributed by atoms with van der Waals surface area (Å²) in [7, 11) is 0. The quantitative estimate of drug-likeness (QED) is 0.679. The van der Waals surface area contributed by atoms with Crippen LogP contribution >= 0.6 is 0 Å². The molecule has 2 saturated heterocycles. The van der Waals surface area contributed by atoms with Crippen LogP contribution in [0.25, 0.3) is 0 Å². The SMILES string of the molecule is CCCCCCN1CCCN2CCCCC2C1. The first-order valence-corrected chi connectivity index (χ1v) is 7.86. The Kier molecular flexibility index (Phi) is 5.79. The molecule has 0 N–H and O–H groups in total. The smallest absolute Gasteiger partial charge is 0.0223 e. The number of piperidine rings is 1. The third-order valence-electron chi connectivity index (χ3n) is 4.47. The van der Waals surface area contributed by atoms with Crippen LogP contribution in [0.15, 0.2) is 0 Å². The van der Waals surface area contributed by atoms with Crippen molar-refractivity contribution in [3.05, 3.63) is 0 Å². The molecule has 2 rings (SSSR count). The van der Waals surface area contributed by atoms with E-state index in [1.165, 1.54) is 84.1 Å². The number of unbranched alkanes of at least 4 members (excludes halogenated alkanes) is 3. The van der Waals surface area contributed by atoms with Crippen LogP contribution in [0.2, 0.25) is 0 Å². The topological polar surface area (TPSA) is 6.48 Å². The largest absolute Gasteiger partial charge is 0.302 e. The molecule has 0 bridgehead atoms. The molecular formula is C15H30N2. The molecule has 1 atom stereocenters. The highest BCUT2D eigenvalue weighted by Crippen LogP contribution is 2.21. The van der Waals surface area contributed by atoms with E-state index < -0.39 is 0 Å². The lowest BCUT2D eigenvalue weighted by atomic mass is 10.0. The predicted molar refractivity (Wildman–Crippen MR) is 74.4 cm³/mol. The fourth-order valence-electron chi connectivity index (χ4n) is 3.41. The van der Waals surface area contributed by atoms with Crippen LogP contribution in [0.4, 0.5) is 0 Å². The summed E-state index contributed by atoms with van der Waals surface area (Å²) in [5.41, 5.74) is 0. The van der Waals surface area contributed by atoms with Gasteiger partial charge in [-0.05, 0) is 51.9 Å². The number of fused-ring (bicyclic) bond motifs is 1. The maximum absolute atomic E-state index is 2.76. The molecule has 0 amide bonds. The van der Waals surface area contributed by atoms with Crippen molar-refractivity contribution in [1.82, 2.24) is 9.80 Å². The van der Waals surface area contributed by atoms with E-state index in [0.29, 0.717) is 0 Å². The fourth-order valence-corrected chi connectivity index (χ4v) is 3.41. The Balaban J connectivity index is 1.71. The van der Waals surface area contributed by atoms with Crippen LogP contribution in [0.1, 0.15) is 58.3 Å². The molecule has 0 aliphatic carbocycles. The second-order valence-corrected chi connectivity index (χ2v) is 5.90. The molecule has 100 valence electrons. The van der Waals surface area contributed by atoms with E-state index in [1.807, 2.05) is 0 Å². The average molecular weight is 238 g/mol. The van der Waals surface area contributed by atoms with Gasteiger partial charge >= 0.3 is 0 Å². The van der Waals surface area contributed by atoms with E-state index in [9.17, 15) is 0 Å². The van der Waals surface area contributed by atoms with Gasteiger partial charge in [-0.3, -0.25) is 4.90 Å². The van der Waals surface area contributed by atoms with Crippen LogP contribution in [0.3, 0.4) is 0 Å². The van der Waals surface area contributed by atoms with Crippen LogP contribution in [0.5, 0.6) is 0 Å². The Bertz CT molecular complexity index is 205. The second kappa shape index (κ2) is 7.38. The third kappa shape index (κ3) is 4.26. The molecule has 0 aromatic carbocycles. The molecule has 17 heavy (non-hydrogen) atoms. The first kappa shape index (κ1) is 13.4. The van der Waals surface area contributed by atoms with Gasteiger partial charge in [-0.25, -0.2) is 0 Å². The van der Waals surface area contributed by atoms with Gasteiger partial charge in [0.2, 0.25) is 0 Å². The zero-order valence-corrected chi connectivity index (χ0v) is 11.7. The van der Waals surface area contributed by atoms with Gasteiger partial charge in [0.15, 0.2) is 0 Å². The lowest BCUT2D eigenvalue weighted by Crippen LogP contribution is -2.44. The summed E-state index contributed by atoms with van der Waals surface area (Å²) in [5.74, 6) is 0. The van der Waals surface area contributed by atoms with Gasteiger partial charge < -0.3 is 4.90 Å². The molecule has 2 fully saturated rings. The molecule has 0 aromatic rings. The summed E-state index contributed by atoms with van der Waals surface area (Å²) >= 11 is 0. The highest BCUT2D eigenvalue weighted by atomic mass is 15.2. The summed E-state index contributed by atoms with van der Waals surface area (Å²) in [6.07, 6.45) is 11.4. The number of hydrogen-bond donors (Lipinski definition) is 0. The number of rotatable bonds is 5.